The first-order valence-electron chi connectivity index (χ1n) is 15.8. The number of aliphatic carboxylic acids is 1. The maximum absolute atomic E-state index is 12.7. The Balaban J connectivity index is 1.43. The first-order chi connectivity index (χ1) is 21.4. The number of hydrogen-bond donors (Lipinski definition) is 9. The van der Waals surface area contributed by atoms with Gasteiger partial charge >= 0.3 is 5.97 Å². The van der Waals surface area contributed by atoms with Crippen molar-refractivity contribution in [3.63, 3.8) is 0 Å². The van der Waals surface area contributed by atoms with Crippen LogP contribution in [-0.4, -0.2) is 152 Å². The first kappa shape index (κ1) is 37.9. The molecular formula is C29H51NO15. The lowest BCUT2D eigenvalue weighted by molar-refractivity contribution is -0.354. The van der Waals surface area contributed by atoms with Crippen LogP contribution in [0.2, 0.25) is 0 Å². The number of aliphatic hydroxyl groups is 7. The summed E-state index contributed by atoms with van der Waals surface area (Å²) in [5.74, 6) is -1.11. The molecule has 1 amide bonds. The molecule has 3 aliphatic heterocycles. The second-order valence-electron chi connectivity index (χ2n) is 12.1. The van der Waals surface area contributed by atoms with Gasteiger partial charge in [-0.3, -0.25) is 9.59 Å². The van der Waals surface area contributed by atoms with Gasteiger partial charge < -0.3 is 69.9 Å². The zero-order valence-electron chi connectivity index (χ0n) is 25.6. The maximum Gasteiger partial charge on any atom is 0.303 e. The van der Waals surface area contributed by atoms with E-state index in [2.05, 4.69) is 5.32 Å². The second kappa shape index (κ2) is 18.7. The van der Waals surface area contributed by atoms with Crippen LogP contribution in [0.5, 0.6) is 0 Å². The van der Waals surface area contributed by atoms with Crippen LogP contribution in [-0.2, 0) is 33.3 Å². The number of hydrogen-bond acceptors (Lipinski definition) is 14. The molecule has 262 valence electrons. The van der Waals surface area contributed by atoms with Gasteiger partial charge in [-0.15, -0.1) is 0 Å². The lowest BCUT2D eigenvalue weighted by Gasteiger charge is -2.46. The molecule has 45 heavy (non-hydrogen) atoms. The van der Waals surface area contributed by atoms with Crippen LogP contribution < -0.4 is 5.32 Å². The SMILES string of the molecule is C[C@H]1O[C@@H](OC2CO[C@H](CO)[C@H](NC(=O)CCCCCCCCCCC(=O)O)C2O)C(O)C(O)[C@H]1O[C@@H]1OC[C@@H](O)C(O)C1O. The maximum atomic E-state index is 12.7. The van der Waals surface area contributed by atoms with E-state index in [4.69, 9.17) is 28.8 Å². The molecule has 3 fully saturated rings. The molecule has 3 heterocycles. The van der Waals surface area contributed by atoms with Crippen molar-refractivity contribution in [2.75, 3.05) is 19.8 Å². The molecule has 0 aromatic rings. The molecule has 16 heteroatoms. The van der Waals surface area contributed by atoms with E-state index < -0.39 is 92.2 Å². The van der Waals surface area contributed by atoms with Gasteiger partial charge in [-0.2, -0.15) is 0 Å². The van der Waals surface area contributed by atoms with Crippen LogP contribution in [0, 0.1) is 0 Å². The van der Waals surface area contributed by atoms with Crippen LogP contribution in [0.4, 0.5) is 0 Å². The number of carboxylic acid groups (broad SMARTS) is 1. The van der Waals surface area contributed by atoms with Crippen LogP contribution in [0.3, 0.4) is 0 Å². The Labute approximate surface area is 262 Å². The van der Waals surface area contributed by atoms with E-state index in [-0.39, 0.29) is 32.0 Å². The molecule has 16 nitrogen and oxygen atoms in total. The van der Waals surface area contributed by atoms with Crippen LogP contribution in [0.1, 0.15) is 71.1 Å². The van der Waals surface area contributed by atoms with E-state index in [0.29, 0.717) is 12.8 Å². The fraction of sp³-hybridized carbons (Fsp3) is 0.931. The normalized spacial score (nSPS) is 39.0. The summed E-state index contributed by atoms with van der Waals surface area (Å²) in [4.78, 5) is 23.2. The summed E-state index contributed by atoms with van der Waals surface area (Å²) in [6.07, 6.45) is -8.76. The van der Waals surface area contributed by atoms with Crippen molar-refractivity contribution in [2.24, 2.45) is 0 Å². The number of amides is 1. The highest BCUT2D eigenvalue weighted by Gasteiger charge is 2.50. The molecule has 0 spiro atoms. The molecule has 0 aromatic carbocycles. The van der Waals surface area contributed by atoms with E-state index in [1.807, 2.05) is 0 Å². The van der Waals surface area contributed by atoms with Gasteiger partial charge in [0.05, 0.1) is 32.0 Å². The summed E-state index contributed by atoms with van der Waals surface area (Å²) in [6.45, 7) is 0.519. The quantitative estimate of drug-likeness (QED) is 0.0761. The number of nitrogens with one attached hydrogen (secondary N) is 1. The molecule has 0 saturated carbocycles. The smallest absolute Gasteiger partial charge is 0.303 e. The Morgan fingerprint density at radius 1 is 0.733 bits per heavy atom. The van der Waals surface area contributed by atoms with Crippen molar-refractivity contribution in [2.45, 2.75) is 151 Å². The Kier molecular flexibility index (Phi) is 15.8. The third kappa shape index (κ3) is 11.0. The number of aliphatic hydroxyl groups excluding tert-OH is 7. The molecule has 3 saturated heterocycles. The van der Waals surface area contributed by atoms with E-state index in [1.54, 1.807) is 0 Å². The lowest BCUT2D eigenvalue weighted by atomic mass is 9.96. The van der Waals surface area contributed by atoms with Crippen molar-refractivity contribution in [3.8, 4) is 0 Å². The standard InChI is InChI=1S/C29H51NO15/c1-15-27(45-28-25(39)22(36)16(32)13-42-28)24(38)26(40)29(43-15)44-18-14-41-17(12-31)21(23(18)37)30-19(33)10-8-6-4-2-3-5-7-9-11-20(34)35/h15-18,21-29,31-32,36-40H,2-14H2,1H3,(H,30,33)(H,34,35)/t15-,16-,17-,18?,21+,22?,23?,24?,25?,26?,27+,28+,29+/m1/s1. The summed E-state index contributed by atoms with van der Waals surface area (Å²) < 4.78 is 27.9. The zero-order valence-corrected chi connectivity index (χ0v) is 25.6. The fourth-order valence-corrected chi connectivity index (χ4v) is 5.75. The minimum absolute atomic E-state index is 0.192. The molecule has 0 aromatic heterocycles. The highest BCUT2D eigenvalue weighted by atomic mass is 16.7. The number of carbonyl (C=O) groups excluding carboxylic acids is 1. The zero-order chi connectivity index (χ0) is 33.1. The molecule has 0 aliphatic carbocycles. The first-order valence-corrected chi connectivity index (χ1v) is 15.8. The third-order valence-electron chi connectivity index (χ3n) is 8.51. The predicted octanol–water partition coefficient (Wildman–Crippen LogP) is -2.12. The van der Waals surface area contributed by atoms with Gasteiger partial charge in [0.15, 0.2) is 12.6 Å². The van der Waals surface area contributed by atoms with Gasteiger partial charge in [0.2, 0.25) is 5.91 Å². The van der Waals surface area contributed by atoms with E-state index in [9.17, 15) is 45.3 Å². The van der Waals surface area contributed by atoms with Crippen molar-refractivity contribution < 1.29 is 74.1 Å². The number of carboxylic acids is 1. The van der Waals surface area contributed by atoms with E-state index >= 15 is 0 Å². The number of ether oxygens (including phenoxy) is 5. The molecule has 3 aliphatic rings. The second-order valence-corrected chi connectivity index (χ2v) is 12.1. The van der Waals surface area contributed by atoms with Crippen molar-refractivity contribution >= 4 is 11.9 Å². The van der Waals surface area contributed by atoms with Crippen molar-refractivity contribution in [1.82, 2.24) is 5.32 Å². The largest absolute Gasteiger partial charge is 0.481 e. The minimum Gasteiger partial charge on any atom is -0.481 e. The predicted molar refractivity (Wildman–Crippen MR) is 152 cm³/mol. The highest BCUT2D eigenvalue weighted by Crippen LogP contribution is 2.30. The van der Waals surface area contributed by atoms with E-state index in [1.165, 1.54) is 6.92 Å². The van der Waals surface area contributed by atoms with Crippen molar-refractivity contribution in [1.29, 1.82) is 0 Å². The summed E-state index contributed by atoms with van der Waals surface area (Å²) in [5.41, 5.74) is 0. The Morgan fingerprint density at radius 3 is 1.96 bits per heavy atom. The molecule has 13 atom stereocenters. The summed E-state index contributed by atoms with van der Waals surface area (Å²) in [5, 5.41) is 83.4. The Hall–Kier alpha value is -1.54. The van der Waals surface area contributed by atoms with Gasteiger partial charge in [-0.25, -0.2) is 0 Å². The topological polar surface area (TPSA) is 254 Å². The Bertz CT molecular complexity index is 898. The van der Waals surface area contributed by atoms with Crippen molar-refractivity contribution in [3.05, 3.63) is 0 Å². The lowest BCUT2D eigenvalue weighted by Crippen LogP contribution is -2.65. The molecular weight excluding hydrogens is 602 g/mol. The van der Waals surface area contributed by atoms with Gasteiger partial charge in [-0.1, -0.05) is 38.5 Å². The number of unbranched alkanes of at least 4 members (excludes halogenated alkanes) is 7. The molecule has 6 unspecified atom stereocenters. The van der Waals surface area contributed by atoms with Gasteiger partial charge in [0.25, 0.3) is 0 Å². The summed E-state index contributed by atoms with van der Waals surface area (Å²) in [6, 6.07) is -1.02. The molecule has 9 N–H and O–H groups in total. The summed E-state index contributed by atoms with van der Waals surface area (Å²) in [7, 11) is 0. The van der Waals surface area contributed by atoms with Crippen LogP contribution >= 0.6 is 0 Å². The van der Waals surface area contributed by atoms with Gasteiger partial charge in [0, 0.05) is 12.8 Å². The number of carbonyl (C=O) groups is 2. The van der Waals surface area contributed by atoms with E-state index in [0.717, 1.165) is 38.5 Å². The Morgan fingerprint density at radius 2 is 1.33 bits per heavy atom. The van der Waals surface area contributed by atoms with Gasteiger partial charge in [0.1, 0.15) is 54.9 Å². The highest BCUT2D eigenvalue weighted by molar-refractivity contribution is 5.76. The van der Waals surface area contributed by atoms with Crippen LogP contribution in [0.15, 0.2) is 0 Å². The molecule has 3 rings (SSSR count). The third-order valence-corrected chi connectivity index (χ3v) is 8.51. The van der Waals surface area contributed by atoms with Gasteiger partial charge in [-0.05, 0) is 19.8 Å². The molecule has 0 bridgehead atoms. The fourth-order valence-electron chi connectivity index (χ4n) is 5.75. The monoisotopic (exact) mass is 653 g/mol. The average Bonchev–Trinajstić information content (AvgIpc) is 3.00. The van der Waals surface area contributed by atoms with Crippen LogP contribution in [0.25, 0.3) is 0 Å². The summed E-state index contributed by atoms with van der Waals surface area (Å²) >= 11 is 0. The number of rotatable bonds is 17. The average molecular weight is 654 g/mol. The minimum atomic E-state index is -1.68. The molecule has 0 radical (unpaired) electrons.